The third kappa shape index (κ3) is 10.4. The van der Waals surface area contributed by atoms with Gasteiger partial charge in [-0.3, -0.25) is 45.4 Å². The molecule has 9 rings (SSSR count). The van der Waals surface area contributed by atoms with Crippen molar-refractivity contribution in [2.75, 3.05) is 51.2 Å². The number of nitrogens with two attached hydrogens (primary N) is 3. The Hall–Kier alpha value is -4.90. The van der Waals surface area contributed by atoms with E-state index in [0.29, 0.717) is 11.6 Å². The van der Waals surface area contributed by atoms with Crippen molar-refractivity contribution < 1.29 is 89.8 Å². The Kier molecular flexibility index (Phi) is 15.0. The molecule has 34 nitrogen and oxygen atoms in total. The van der Waals surface area contributed by atoms with E-state index in [4.69, 9.17) is 58.6 Å². The van der Waals surface area contributed by atoms with Crippen molar-refractivity contribution in [1.82, 2.24) is 58.6 Å². The lowest BCUT2D eigenvalue weighted by Gasteiger charge is -2.27. The maximum Gasteiger partial charge on any atom is 0.475 e. The highest BCUT2D eigenvalue weighted by atomic mass is 31.2. The van der Waals surface area contributed by atoms with Gasteiger partial charge in [0.05, 0.1) is 19.8 Å². The van der Waals surface area contributed by atoms with Crippen molar-refractivity contribution >= 4 is 74.4 Å². The molecule has 3 saturated heterocycles. The van der Waals surface area contributed by atoms with E-state index in [1.807, 2.05) is 0 Å². The summed E-state index contributed by atoms with van der Waals surface area (Å²) in [7, 11) is -13.0. The second-order valence-corrected chi connectivity index (χ2v) is 22.2. The zero-order chi connectivity index (χ0) is 54.4. The average Bonchev–Trinajstić information content (AvgIpc) is 4.15. The Morgan fingerprint density at radius 3 is 1.15 bits per heavy atom. The number of phosphoric acid groups is 3. The van der Waals surface area contributed by atoms with Crippen LogP contribution in [-0.2, 0) is 59.6 Å². The summed E-state index contributed by atoms with van der Waals surface area (Å²) < 4.78 is 102. The number of hydrogen-bond donors (Lipinski definition) is 9. The Morgan fingerprint density at radius 2 is 0.800 bits per heavy atom. The number of aromatic nitrogens is 12. The molecule has 0 aliphatic carbocycles. The largest absolute Gasteiger partial charge is 0.475 e. The summed E-state index contributed by atoms with van der Waals surface area (Å²) in [6.45, 7) is 6.88. The molecule has 0 radical (unpaired) electrons. The molecule has 0 aromatic carbocycles. The number of imidazole rings is 3. The molecular weight excluding hydrogens is 1060 g/mol. The Balaban J connectivity index is 0.981. The van der Waals surface area contributed by atoms with Crippen molar-refractivity contribution in [1.29, 1.82) is 0 Å². The van der Waals surface area contributed by atoms with Gasteiger partial charge in [-0.15, -0.1) is 0 Å². The van der Waals surface area contributed by atoms with Crippen LogP contribution in [0.1, 0.15) is 53.6 Å². The van der Waals surface area contributed by atoms with E-state index >= 15 is 0 Å². The number of ether oxygens (including phenoxy) is 3. The molecule has 12 N–H and O–H groups in total. The molecule has 0 spiro atoms. The first-order chi connectivity index (χ1) is 35.2. The summed E-state index contributed by atoms with van der Waals surface area (Å²) in [5, 5.41) is 46.1. The molecule has 3 aliphatic heterocycles. The standard InChI is InChI=1S/C38H54N15O19P3/c1-12-42-30(39)21-33(45-12)51(15(4)48-21)36-27(57)24(54)18(68-36)10-66-74(61,63-7)72-29-26(56)20(70-38(29)53-17(6)50-23-32(41)44-14(3)47-35(23)53)11-67-75(62,64-8)71-28-25(55)19(9-65-73(58,59)60)69-37(28)52-16(5)49-22-31(40)43-13(2)46-34(22)52/h18-20,24-29,36-38,54-57H,9-11H2,1-8H3,(H2,39,42,45)(H2,40,43,46)(H2,41,44,47)(H2,58,59,60)/t18-,19-,20-,24?,25?,26?,27?,28?,29?,36-,37-,38-,74?,75?/m1/s1. The summed E-state index contributed by atoms with van der Waals surface area (Å²) in [4.78, 5) is 57.9. The third-order valence-electron chi connectivity index (χ3n) is 12.4. The molecule has 410 valence electrons. The van der Waals surface area contributed by atoms with Gasteiger partial charge in [0.1, 0.15) is 89.9 Å². The van der Waals surface area contributed by atoms with Crippen LogP contribution in [-0.4, -0.2) is 178 Å². The van der Waals surface area contributed by atoms with Crippen LogP contribution in [0.5, 0.6) is 0 Å². The predicted octanol–water partition coefficient (Wildman–Crippen LogP) is -0.339. The van der Waals surface area contributed by atoms with Crippen LogP contribution in [0.15, 0.2) is 0 Å². The monoisotopic (exact) mass is 1120 g/mol. The zero-order valence-electron chi connectivity index (χ0n) is 41.0. The summed E-state index contributed by atoms with van der Waals surface area (Å²) >= 11 is 0. The van der Waals surface area contributed by atoms with Gasteiger partial charge >= 0.3 is 23.5 Å². The maximum absolute atomic E-state index is 14.6. The summed E-state index contributed by atoms with van der Waals surface area (Å²) in [5.41, 5.74) is 19.3. The van der Waals surface area contributed by atoms with Crippen LogP contribution >= 0.6 is 23.5 Å². The topological polar surface area (TPSA) is 474 Å². The van der Waals surface area contributed by atoms with Crippen LogP contribution in [0.2, 0.25) is 0 Å². The van der Waals surface area contributed by atoms with Gasteiger partial charge in [0.2, 0.25) is 0 Å². The van der Waals surface area contributed by atoms with Gasteiger partial charge in [0, 0.05) is 14.2 Å². The second kappa shape index (κ2) is 20.5. The predicted molar refractivity (Wildman–Crippen MR) is 252 cm³/mol. The molecule has 9 heterocycles. The van der Waals surface area contributed by atoms with Crippen molar-refractivity contribution in [2.24, 2.45) is 0 Å². The zero-order valence-corrected chi connectivity index (χ0v) is 43.7. The number of nitrogen functional groups attached to an aromatic ring is 3. The van der Waals surface area contributed by atoms with Crippen LogP contribution in [0.3, 0.4) is 0 Å². The van der Waals surface area contributed by atoms with Gasteiger partial charge in [0.15, 0.2) is 69.6 Å². The van der Waals surface area contributed by atoms with Gasteiger partial charge < -0.3 is 61.6 Å². The first-order valence-corrected chi connectivity index (χ1v) is 27.0. The lowest BCUT2D eigenvalue weighted by atomic mass is 10.1. The minimum atomic E-state index is -5.11. The highest BCUT2D eigenvalue weighted by Crippen LogP contribution is 2.57. The Labute approximate surface area is 423 Å². The van der Waals surface area contributed by atoms with Gasteiger partial charge in [0.25, 0.3) is 0 Å². The fraction of sp³-hybridized carbons (Fsp3) is 0.605. The quantitative estimate of drug-likeness (QED) is 0.0497. The number of anilines is 3. The fourth-order valence-electron chi connectivity index (χ4n) is 9.05. The Morgan fingerprint density at radius 1 is 0.480 bits per heavy atom. The van der Waals surface area contributed by atoms with E-state index < -0.39 is 117 Å². The molecule has 0 bridgehead atoms. The van der Waals surface area contributed by atoms with Crippen molar-refractivity contribution in [3.8, 4) is 0 Å². The molecule has 0 saturated carbocycles. The smallest absolute Gasteiger partial charge is 0.387 e. The molecule has 3 aliphatic rings. The van der Waals surface area contributed by atoms with E-state index in [2.05, 4.69) is 49.4 Å². The van der Waals surface area contributed by atoms with Gasteiger partial charge in [-0.05, 0) is 41.5 Å². The lowest BCUT2D eigenvalue weighted by Crippen LogP contribution is -2.37. The van der Waals surface area contributed by atoms with E-state index in [0.717, 1.165) is 14.2 Å². The van der Waals surface area contributed by atoms with E-state index in [9.17, 15) is 43.9 Å². The molecule has 0 amide bonds. The molecule has 8 unspecified atom stereocenters. The minimum Gasteiger partial charge on any atom is -0.387 e. The lowest BCUT2D eigenvalue weighted by molar-refractivity contribution is -0.0667. The Bertz CT molecular complexity index is 3310. The minimum absolute atomic E-state index is 0.0141. The SMILES string of the molecule is COP(=O)(OC[C@H]1O[C@@H](n2c(C)nc3c(N)nc(C)nc32)C(OP(=O)(OC)OC[C@H]2O[C@@H](n3c(C)nc4c(N)nc(C)nc43)C(O)C2O)C1O)OC1C(O)[C@@H](COP(=O)(O)O)O[C@H]1n1c(C)nc2c(N)nc(C)nc21. The molecule has 37 heteroatoms. The number of fused-ring (bicyclic) bond motifs is 3. The van der Waals surface area contributed by atoms with E-state index in [1.54, 1.807) is 27.7 Å². The number of aliphatic hydroxyl groups excluding tert-OH is 4. The average molecular weight is 1120 g/mol. The molecule has 6 aromatic rings. The summed E-state index contributed by atoms with van der Waals surface area (Å²) in [6.07, 6.45) is -19.4. The number of aryl methyl sites for hydroxylation is 6. The summed E-state index contributed by atoms with van der Waals surface area (Å²) in [6, 6.07) is 0. The highest BCUT2D eigenvalue weighted by Gasteiger charge is 2.55. The van der Waals surface area contributed by atoms with Crippen LogP contribution in [0.4, 0.5) is 17.5 Å². The summed E-state index contributed by atoms with van der Waals surface area (Å²) in [5.74, 6) is 1.43. The van der Waals surface area contributed by atoms with Crippen LogP contribution in [0.25, 0.3) is 33.5 Å². The molecular formula is C38H54N15O19P3. The van der Waals surface area contributed by atoms with Crippen molar-refractivity contribution in [3.05, 3.63) is 34.9 Å². The van der Waals surface area contributed by atoms with Crippen molar-refractivity contribution in [2.45, 2.75) is 115 Å². The highest BCUT2D eigenvalue weighted by molar-refractivity contribution is 7.48. The maximum atomic E-state index is 14.6. The molecule has 6 aromatic heterocycles. The molecule has 3 fully saturated rings. The van der Waals surface area contributed by atoms with Crippen LogP contribution < -0.4 is 17.2 Å². The first-order valence-electron chi connectivity index (χ1n) is 22.6. The number of nitrogens with zero attached hydrogens (tertiary/aromatic N) is 12. The fourth-order valence-corrected chi connectivity index (χ4v) is 11.6. The van der Waals surface area contributed by atoms with Gasteiger partial charge in [-0.2, -0.15) is 0 Å². The first kappa shape index (κ1) is 54.9. The number of rotatable bonds is 18. The number of aliphatic hydroxyl groups is 4. The van der Waals surface area contributed by atoms with E-state index in [-0.39, 0.29) is 74.2 Å². The second-order valence-electron chi connectivity index (χ2n) is 17.5. The van der Waals surface area contributed by atoms with Crippen LogP contribution in [0, 0.1) is 41.5 Å². The normalized spacial score (nSPS) is 29.0. The third-order valence-corrected chi connectivity index (χ3v) is 15.8. The molecule has 75 heavy (non-hydrogen) atoms. The molecule has 14 atom stereocenters. The van der Waals surface area contributed by atoms with Gasteiger partial charge in [-0.25, -0.2) is 58.6 Å². The number of phosphoric ester groups is 3. The van der Waals surface area contributed by atoms with Crippen molar-refractivity contribution in [3.63, 3.8) is 0 Å². The number of hydrogen-bond acceptors (Lipinski definition) is 29. The van der Waals surface area contributed by atoms with E-state index in [1.165, 1.54) is 27.5 Å². The van der Waals surface area contributed by atoms with Gasteiger partial charge in [-0.1, -0.05) is 0 Å².